The molecule has 2 saturated heterocycles. The van der Waals surface area contributed by atoms with E-state index in [-0.39, 0.29) is 0 Å². The summed E-state index contributed by atoms with van der Waals surface area (Å²) in [5.74, 6) is 0.984. The van der Waals surface area contributed by atoms with Gasteiger partial charge in [-0.3, -0.25) is 0 Å². The number of hydrogen-bond acceptors (Lipinski definition) is 3. The number of likely N-dealkylation sites (tertiary alicyclic amines) is 1. The van der Waals surface area contributed by atoms with Crippen molar-refractivity contribution in [3.63, 3.8) is 0 Å². The number of rotatable bonds is 4. The van der Waals surface area contributed by atoms with Crippen molar-refractivity contribution < 1.29 is 0 Å². The Balaban J connectivity index is 1.68. The Morgan fingerprint density at radius 2 is 1.94 bits per heavy atom. The van der Waals surface area contributed by atoms with Gasteiger partial charge < -0.3 is 15.1 Å². The van der Waals surface area contributed by atoms with Crippen molar-refractivity contribution in [2.45, 2.75) is 45.1 Å². The van der Waals surface area contributed by atoms with E-state index in [1.807, 2.05) is 0 Å². The first kappa shape index (κ1) is 14.3. The molecule has 106 valence electrons. The van der Waals surface area contributed by atoms with E-state index in [0.29, 0.717) is 0 Å². The molecule has 0 aromatic carbocycles. The summed E-state index contributed by atoms with van der Waals surface area (Å²) in [5, 5.41) is 3.66. The molecule has 1 N–H and O–H groups in total. The third-order valence-corrected chi connectivity index (χ3v) is 4.75. The average Bonchev–Trinajstić information content (AvgIpc) is 2.63. The smallest absolute Gasteiger partial charge is 0.0192 e. The van der Waals surface area contributed by atoms with Crippen LogP contribution in [0.1, 0.15) is 39.0 Å². The van der Waals surface area contributed by atoms with Gasteiger partial charge in [-0.1, -0.05) is 6.92 Å². The van der Waals surface area contributed by atoms with E-state index in [2.05, 4.69) is 29.1 Å². The van der Waals surface area contributed by atoms with E-state index < -0.39 is 0 Å². The minimum absolute atomic E-state index is 0.727. The Morgan fingerprint density at radius 3 is 2.67 bits per heavy atom. The van der Waals surface area contributed by atoms with Crippen molar-refractivity contribution in [2.75, 3.05) is 46.3 Å². The molecule has 0 aromatic heterocycles. The molecular formula is C15H31N3. The molecule has 0 radical (unpaired) electrons. The van der Waals surface area contributed by atoms with Gasteiger partial charge in [0, 0.05) is 12.6 Å². The van der Waals surface area contributed by atoms with Crippen LogP contribution in [0.5, 0.6) is 0 Å². The maximum atomic E-state index is 3.66. The Kier molecular flexibility index (Phi) is 5.93. The highest BCUT2D eigenvalue weighted by atomic mass is 15.2. The van der Waals surface area contributed by atoms with Crippen molar-refractivity contribution in [3.8, 4) is 0 Å². The van der Waals surface area contributed by atoms with Crippen LogP contribution < -0.4 is 5.32 Å². The first-order valence-corrected chi connectivity index (χ1v) is 7.92. The van der Waals surface area contributed by atoms with Crippen molar-refractivity contribution in [1.29, 1.82) is 0 Å². The molecule has 2 aliphatic heterocycles. The Labute approximate surface area is 113 Å². The molecule has 0 aliphatic carbocycles. The van der Waals surface area contributed by atoms with Crippen LogP contribution in [0, 0.1) is 5.92 Å². The fraction of sp³-hybridized carbons (Fsp3) is 1.00. The lowest BCUT2D eigenvalue weighted by atomic mass is 9.93. The van der Waals surface area contributed by atoms with Crippen LogP contribution >= 0.6 is 0 Å². The summed E-state index contributed by atoms with van der Waals surface area (Å²) in [6.45, 7) is 10.0. The highest BCUT2D eigenvalue weighted by molar-refractivity contribution is 4.77. The van der Waals surface area contributed by atoms with Gasteiger partial charge in [-0.2, -0.15) is 0 Å². The van der Waals surface area contributed by atoms with Crippen LogP contribution in [0.25, 0.3) is 0 Å². The van der Waals surface area contributed by atoms with Gasteiger partial charge in [0.25, 0.3) is 0 Å². The van der Waals surface area contributed by atoms with Crippen molar-refractivity contribution in [3.05, 3.63) is 0 Å². The minimum Gasteiger partial charge on any atom is -0.313 e. The molecular weight excluding hydrogens is 222 g/mol. The SMILES string of the molecule is CCC1CN(CCC2CCN(C)CC2)CCCN1. The van der Waals surface area contributed by atoms with Gasteiger partial charge in [0.2, 0.25) is 0 Å². The molecule has 3 heteroatoms. The normalized spacial score (nSPS) is 29.3. The van der Waals surface area contributed by atoms with Crippen LogP contribution in [0.3, 0.4) is 0 Å². The van der Waals surface area contributed by atoms with Gasteiger partial charge in [-0.25, -0.2) is 0 Å². The summed E-state index contributed by atoms with van der Waals surface area (Å²) < 4.78 is 0. The lowest BCUT2D eigenvalue weighted by Crippen LogP contribution is -2.38. The zero-order valence-electron chi connectivity index (χ0n) is 12.3. The van der Waals surface area contributed by atoms with E-state index in [9.17, 15) is 0 Å². The Hall–Kier alpha value is -0.120. The molecule has 3 nitrogen and oxygen atoms in total. The van der Waals surface area contributed by atoms with Crippen LogP contribution in [-0.4, -0.2) is 62.2 Å². The summed E-state index contributed by atoms with van der Waals surface area (Å²) in [4.78, 5) is 5.17. The van der Waals surface area contributed by atoms with E-state index in [1.165, 1.54) is 71.4 Å². The fourth-order valence-corrected chi connectivity index (χ4v) is 3.27. The highest BCUT2D eigenvalue weighted by Crippen LogP contribution is 2.20. The van der Waals surface area contributed by atoms with E-state index in [4.69, 9.17) is 0 Å². The second-order valence-electron chi connectivity index (χ2n) is 6.25. The standard InChI is InChI=1S/C15H31N3/c1-3-15-13-18(9-4-8-16-15)12-7-14-5-10-17(2)11-6-14/h14-16H,3-13H2,1-2H3. The number of nitrogens with one attached hydrogen (secondary N) is 1. The Bertz CT molecular complexity index is 224. The number of piperidine rings is 1. The van der Waals surface area contributed by atoms with Crippen LogP contribution in [-0.2, 0) is 0 Å². The topological polar surface area (TPSA) is 18.5 Å². The summed E-state index contributed by atoms with van der Waals surface area (Å²) in [5.41, 5.74) is 0. The lowest BCUT2D eigenvalue weighted by Gasteiger charge is -2.31. The summed E-state index contributed by atoms with van der Waals surface area (Å²) in [6.07, 6.45) is 6.85. The molecule has 0 amide bonds. The molecule has 18 heavy (non-hydrogen) atoms. The summed E-state index contributed by atoms with van der Waals surface area (Å²) in [7, 11) is 2.25. The maximum Gasteiger partial charge on any atom is 0.0192 e. The molecule has 2 heterocycles. The molecule has 1 unspecified atom stereocenters. The quantitative estimate of drug-likeness (QED) is 0.824. The van der Waals surface area contributed by atoms with Gasteiger partial charge in [-0.15, -0.1) is 0 Å². The van der Waals surface area contributed by atoms with E-state index in [1.54, 1.807) is 0 Å². The highest BCUT2D eigenvalue weighted by Gasteiger charge is 2.20. The summed E-state index contributed by atoms with van der Waals surface area (Å²) >= 11 is 0. The van der Waals surface area contributed by atoms with Crippen LogP contribution in [0.4, 0.5) is 0 Å². The zero-order chi connectivity index (χ0) is 12.8. The number of hydrogen-bond donors (Lipinski definition) is 1. The number of nitrogens with zero attached hydrogens (tertiary/aromatic N) is 2. The monoisotopic (exact) mass is 253 g/mol. The molecule has 0 aromatic rings. The van der Waals surface area contributed by atoms with E-state index >= 15 is 0 Å². The first-order chi connectivity index (χ1) is 8.78. The third-order valence-electron chi connectivity index (χ3n) is 4.75. The second kappa shape index (κ2) is 7.46. The predicted octanol–water partition coefficient (Wildman–Crippen LogP) is 1.79. The average molecular weight is 253 g/mol. The van der Waals surface area contributed by atoms with Gasteiger partial charge >= 0.3 is 0 Å². The third kappa shape index (κ3) is 4.52. The first-order valence-electron chi connectivity index (χ1n) is 7.92. The van der Waals surface area contributed by atoms with Crippen molar-refractivity contribution in [2.24, 2.45) is 5.92 Å². The molecule has 1 atom stereocenters. The van der Waals surface area contributed by atoms with Gasteiger partial charge in [0.15, 0.2) is 0 Å². The summed E-state index contributed by atoms with van der Waals surface area (Å²) in [6, 6.07) is 0.727. The molecule has 2 fully saturated rings. The molecule has 2 aliphatic rings. The zero-order valence-corrected chi connectivity index (χ0v) is 12.3. The lowest BCUT2D eigenvalue weighted by molar-refractivity contribution is 0.184. The fourth-order valence-electron chi connectivity index (χ4n) is 3.27. The van der Waals surface area contributed by atoms with Crippen LogP contribution in [0.15, 0.2) is 0 Å². The predicted molar refractivity (Wildman–Crippen MR) is 78.0 cm³/mol. The van der Waals surface area contributed by atoms with Crippen LogP contribution in [0.2, 0.25) is 0 Å². The molecule has 0 saturated carbocycles. The Morgan fingerprint density at radius 1 is 1.17 bits per heavy atom. The van der Waals surface area contributed by atoms with Gasteiger partial charge in [0.05, 0.1) is 0 Å². The maximum absolute atomic E-state index is 3.66. The molecule has 2 rings (SSSR count). The molecule has 0 spiro atoms. The van der Waals surface area contributed by atoms with Gasteiger partial charge in [-0.05, 0) is 77.8 Å². The molecule has 0 bridgehead atoms. The van der Waals surface area contributed by atoms with Gasteiger partial charge in [0.1, 0.15) is 0 Å². The largest absolute Gasteiger partial charge is 0.313 e. The van der Waals surface area contributed by atoms with E-state index in [0.717, 1.165) is 12.0 Å². The minimum atomic E-state index is 0.727. The van der Waals surface area contributed by atoms with Crippen molar-refractivity contribution >= 4 is 0 Å². The second-order valence-corrected chi connectivity index (χ2v) is 6.25. The van der Waals surface area contributed by atoms with Crippen molar-refractivity contribution in [1.82, 2.24) is 15.1 Å².